The molecule has 0 atom stereocenters. The average Bonchev–Trinajstić information content (AvgIpc) is 3.33. The second-order valence-electron chi connectivity index (χ2n) is 8.60. The van der Waals surface area contributed by atoms with Gasteiger partial charge in [-0.15, -0.1) is 0 Å². The maximum Gasteiger partial charge on any atom is 0.236 e. The van der Waals surface area contributed by atoms with Crippen molar-refractivity contribution in [3.8, 4) is 11.4 Å². The number of H-pyrrole nitrogens is 1. The van der Waals surface area contributed by atoms with E-state index in [9.17, 15) is 13.2 Å². The van der Waals surface area contributed by atoms with Crippen molar-refractivity contribution in [1.29, 1.82) is 0 Å². The molecule has 0 bridgehead atoms. The summed E-state index contributed by atoms with van der Waals surface area (Å²) in [5.74, 6) is 0.465. The quantitative estimate of drug-likeness (QED) is 0.406. The van der Waals surface area contributed by atoms with Gasteiger partial charge in [0.2, 0.25) is 15.9 Å². The number of carbonyl (C=O) groups excluding carboxylic acids is 1. The number of benzene rings is 3. The molecule has 0 aliphatic carbocycles. The first-order chi connectivity index (χ1) is 17.0. The van der Waals surface area contributed by atoms with Gasteiger partial charge in [-0.25, -0.2) is 13.4 Å². The highest BCUT2D eigenvalue weighted by atomic mass is 32.2. The maximum atomic E-state index is 12.8. The Balaban J connectivity index is 1.16. The van der Waals surface area contributed by atoms with E-state index < -0.39 is 10.0 Å². The minimum absolute atomic E-state index is 0.0848. The van der Waals surface area contributed by atoms with Crippen molar-refractivity contribution < 1.29 is 13.2 Å². The van der Waals surface area contributed by atoms with Gasteiger partial charge >= 0.3 is 0 Å². The number of anilines is 1. The highest BCUT2D eigenvalue weighted by molar-refractivity contribution is 7.92. The van der Waals surface area contributed by atoms with Crippen molar-refractivity contribution >= 4 is 38.7 Å². The van der Waals surface area contributed by atoms with Gasteiger partial charge in [0, 0.05) is 35.7 Å². The van der Waals surface area contributed by atoms with E-state index in [1.807, 2.05) is 78.9 Å². The molecule has 0 radical (unpaired) electrons. The standard InChI is InChI=1S/C27H26N4O3S/c32-27(22-14-17-31(18-15-22)35(33,34)19-16-20-6-2-1-3-7-20)28-23-12-10-21(11-13-23)26-29-24-8-4-5-9-25(24)30-26/h1-13,16,19,22H,14-15,17-18H2,(H,28,32)(H,29,30). The van der Waals surface area contributed by atoms with Crippen molar-refractivity contribution in [2.24, 2.45) is 5.92 Å². The maximum absolute atomic E-state index is 12.8. The minimum atomic E-state index is -3.52. The van der Waals surface area contributed by atoms with Crippen LogP contribution in [0.3, 0.4) is 0 Å². The van der Waals surface area contributed by atoms with E-state index in [-0.39, 0.29) is 11.8 Å². The van der Waals surface area contributed by atoms with Crippen LogP contribution in [0.15, 0.2) is 84.3 Å². The Bertz CT molecular complexity index is 1420. The number of rotatable bonds is 6. The van der Waals surface area contributed by atoms with E-state index in [1.54, 1.807) is 6.08 Å². The number of nitrogens with one attached hydrogen (secondary N) is 2. The number of fused-ring (bicyclic) bond motifs is 1. The second-order valence-corrected chi connectivity index (χ2v) is 10.4. The van der Waals surface area contributed by atoms with Crippen molar-refractivity contribution in [1.82, 2.24) is 14.3 Å². The number of para-hydroxylation sites is 2. The number of nitrogens with zero attached hydrogens (tertiary/aromatic N) is 2. The Labute approximate surface area is 204 Å². The van der Waals surface area contributed by atoms with Gasteiger partial charge in [0.05, 0.1) is 11.0 Å². The van der Waals surface area contributed by atoms with E-state index in [1.165, 1.54) is 9.71 Å². The Hall–Kier alpha value is -3.75. The number of imidazole rings is 1. The van der Waals surface area contributed by atoms with Gasteiger partial charge in [-0.2, -0.15) is 4.31 Å². The summed E-state index contributed by atoms with van der Waals surface area (Å²) in [6, 6.07) is 24.7. The van der Waals surface area contributed by atoms with Gasteiger partial charge in [0.25, 0.3) is 0 Å². The molecule has 35 heavy (non-hydrogen) atoms. The van der Waals surface area contributed by atoms with Crippen molar-refractivity contribution in [3.63, 3.8) is 0 Å². The molecule has 3 aromatic carbocycles. The third kappa shape index (κ3) is 5.34. The SMILES string of the molecule is O=C(Nc1ccc(-c2nc3ccccc3[nH]2)cc1)C1CCN(S(=O)(=O)C=Cc2ccccc2)CC1. The summed E-state index contributed by atoms with van der Waals surface area (Å²) in [5.41, 5.74) is 4.35. The number of hydrogen-bond donors (Lipinski definition) is 2. The van der Waals surface area contributed by atoms with Gasteiger partial charge in [-0.1, -0.05) is 42.5 Å². The lowest BCUT2D eigenvalue weighted by Crippen LogP contribution is -2.40. The number of hydrogen-bond acceptors (Lipinski definition) is 4. The van der Waals surface area contributed by atoms with E-state index in [2.05, 4.69) is 15.3 Å². The van der Waals surface area contributed by atoms with Gasteiger partial charge in [0.1, 0.15) is 5.82 Å². The van der Waals surface area contributed by atoms with Crippen LogP contribution in [0.1, 0.15) is 18.4 Å². The van der Waals surface area contributed by atoms with Gasteiger partial charge in [-0.3, -0.25) is 4.79 Å². The molecule has 1 saturated heterocycles. The fourth-order valence-corrected chi connectivity index (χ4v) is 5.45. The highest BCUT2D eigenvalue weighted by Crippen LogP contribution is 2.25. The molecule has 8 heteroatoms. The third-order valence-corrected chi connectivity index (χ3v) is 7.80. The molecule has 5 rings (SSSR count). The lowest BCUT2D eigenvalue weighted by molar-refractivity contribution is -0.120. The summed E-state index contributed by atoms with van der Waals surface area (Å²) in [7, 11) is -3.52. The highest BCUT2D eigenvalue weighted by Gasteiger charge is 2.30. The zero-order chi connectivity index (χ0) is 24.3. The third-order valence-electron chi connectivity index (χ3n) is 6.23. The normalized spacial score (nSPS) is 15.5. The average molecular weight is 487 g/mol. The van der Waals surface area contributed by atoms with Crippen LogP contribution in [-0.2, 0) is 14.8 Å². The van der Waals surface area contributed by atoms with Crippen LogP contribution < -0.4 is 5.32 Å². The molecule has 178 valence electrons. The van der Waals surface area contributed by atoms with Crippen LogP contribution in [0.4, 0.5) is 5.69 Å². The van der Waals surface area contributed by atoms with Crippen LogP contribution in [0.5, 0.6) is 0 Å². The minimum Gasteiger partial charge on any atom is -0.338 e. The van der Waals surface area contributed by atoms with Gasteiger partial charge < -0.3 is 10.3 Å². The zero-order valence-corrected chi connectivity index (χ0v) is 19.9. The largest absolute Gasteiger partial charge is 0.338 e. The summed E-state index contributed by atoms with van der Waals surface area (Å²) in [6.45, 7) is 0.648. The molecule has 2 N–H and O–H groups in total. The predicted octanol–water partition coefficient (Wildman–Crippen LogP) is 4.88. The van der Waals surface area contributed by atoms with Crippen LogP contribution in [0.25, 0.3) is 28.5 Å². The molecule has 0 saturated carbocycles. The van der Waals surface area contributed by atoms with E-state index in [4.69, 9.17) is 0 Å². The zero-order valence-electron chi connectivity index (χ0n) is 19.1. The summed E-state index contributed by atoms with van der Waals surface area (Å²) in [5, 5.41) is 4.21. The smallest absolute Gasteiger partial charge is 0.236 e. The van der Waals surface area contributed by atoms with Crippen LogP contribution in [0, 0.1) is 5.92 Å². The van der Waals surface area contributed by atoms with E-state index in [0.717, 1.165) is 28.0 Å². The van der Waals surface area contributed by atoms with Crippen LogP contribution >= 0.6 is 0 Å². The van der Waals surface area contributed by atoms with Crippen LogP contribution in [-0.4, -0.2) is 41.7 Å². The molecule has 1 aliphatic rings. The molecule has 1 aromatic heterocycles. The molecule has 1 fully saturated rings. The first-order valence-corrected chi connectivity index (χ1v) is 13.1. The van der Waals surface area contributed by atoms with Crippen molar-refractivity contribution in [2.75, 3.05) is 18.4 Å². The van der Waals surface area contributed by atoms with Crippen LogP contribution in [0.2, 0.25) is 0 Å². The molecule has 2 heterocycles. The molecule has 4 aromatic rings. The van der Waals surface area contributed by atoms with E-state index in [0.29, 0.717) is 31.6 Å². The fraction of sp³-hybridized carbons (Fsp3) is 0.185. The lowest BCUT2D eigenvalue weighted by atomic mass is 9.97. The fourth-order valence-electron chi connectivity index (χ4n) is 4.23. The summed E-state index contributed by atoms with van der Waals surface area (Å²) in [4.78, 5) is 20.7. The second kappa shape index (κ2) is 9.85. The Morgan fingerprint density at radius 1 is 0.943 bits per heavy atom. The van der Waals surface area contributed by atoms with E-state index >= 15 is 0 Å². The van der Waals surface area contributed by atoms with Gasteiger partial charge in [0.15, 0.2) is 0 Å². The Kier molecular flexibility index (Phi) is 6.48. The summed E-state index contributed by atoms with van der Waals surface area (Å²) in [6.07, 6.45) is 2.58. The van der Waals surface area contributed by atoms with Crippen molar-refractivity contribution in [2.45, 2.75) is 12.8 Å². The van der Waals surface area contributed by atoms with Gasteiger partial charge in [-0.05, 0) is 60.9 Å². The number of carbonyl (C=O) groups is 1. The molecule has 0 spiro atoms. The topological polar surface area (TPSA) is 95.2 Å². The lowest BCUT2D eigenvalue weighted by Gasteiger charge is -2.29. The van der Waals surface area contributed by atoms with Crippen molar-refractivity contribution in [3.05, 3.63) is 89.8 Å². The summed E-state index contributed by atoms with van der Waals surface area (Å²) >= 11 is 0. The molecular weight excluding hydrogens is 460 g/mol. The monoisotopic (exact) mass is 486 g/mol. The molecule has 0 unspecified atom stereocenters. The molecular formula is C27H26N4O3S. The molecule has 1 aliphatic heterocycles. The molecule has 7 nitrogen and oxygen atoms in total. The first kappa shape index (κ1) is 23.0. The summed E-state index contributed by atoms with van der Waals surface area (Å²) < 4.78 is 26.8. The molecule has 1 amide bonds. The number of amides is 1. The Morgan fingerprint density at radius 2 is 1.63 bits per heavy atom. The number of piperidine rings is 1. The number of aromatic amines is 1. The Morgan fingerprint density at radius 3 is 2.34 bits per heavy atom. The first-order valence-electron chi connectivity index (χ1n) is 11.6. The number of sulfonamides is 1. The predicted molar refractivity (Wildman–Crippen MR) is 139 cm³/mol. The number of aromatic nitrogens is 2.